The van der Waals surface area contributed by atoms with Gasteiger partial charge in [0.05, 0.1) is 6.42 Å². The van der Waals surface area contributed by atoms with E-state index in [0.717, 1.165) is 0 Å². The summed E-state index contributed by atoms with van der Waals surface area (Å²) in [6.45, 7) is -1.92. The highest BCUT2D eigenvalue weighted by Crippen LogP contribution is 2.53. The lowest BCUT2D eigenvalue weighted by Gasteiger charge is -2.36. The first-order valence-corrected chi connectivity index (χ1v) is 5.95. The van der Waals surface area contributed by atoms with Gasteiger partial charge in [-0.25, -0.2) is 0 Å². The van der Waals surface area contributed by atoms with Crippen LogP contribution in [0.1, 0.15) is 6.42 Å². The summed E-state index contributed by atoms with van der Waals surface area (Å²) in [4.78, 5) is 20.9. The Kier molecular flexibility index (Phi) is 6.72. The van der Waals surface area contributed by atoms with Crippen molar-refractivity contribution in [1.29, 1.82) is 0 Å². The van der Waals surface area contributed by atoms with E-state index >= 15 is 0 Å². The number of carboxylic acid groups (broad SMARTS) is 2. The molecule has 148 valence electrons. The molecule has 0 saturated heterocycles. The number of aliphatic carboxylic acids is 2. The number of carbonyl (C=O) groups is 2. The SMILES string of the molecule is O=C(O)C[C@H](NC[C@H](O)C(F)(F)C(F)(F)C(F)(F)C(F)(F)F)C(=O)O. The van der Waals surface area contributed by atoms with Gasteiger partial charge in [0, 0.05) is 6.54 Å². The first kappa shape index (κ1) is 23.2. The normalized spacial score (nSPS) is 16.4. The molecule has 0 aromatic heterocycles. The first-order valence-electron chi connectivity index (χ1n) is 5.95. The predicted molar refractivity (Wildman–Crippen MR) is 58.6 cm³/mol. The Bertz CT molecular complexity index is 507. The molecule has 2 atom stereocenters. The molecule has 0 saturated carbocycles. The van der Waals surface area contributed by atoms with Crippen molar-refractivity contribution < 1.29 is 64.4 Å². The van der Waals surface area contributed by atoms with Crippen molar-refractivity contribution in [2.24, 2.45) is 0 Å². The first-order chi connectivity index (χ1) is 10.9. The minimum Gasteiger partial charge on any atom is -0.481 e. The van der Waals surface area contributed by atoms with Gasteiger partial charge in [0.1, 0.15) is 12.1 Å². The summed E-state index contributed by atoms with van der Waals surface area (Å²) in [5.74, 6) is -24.4. The van der Waals surface area contributed by atoms with E-state index in [2.05, 4.69) is 0 Å². The topological polar surface area (TPSA) is 107 Å². The smallest absolute Gasteiger partial charge is 0.460 e. The van der Waals surface area contributed by atoms with Gasteiger partial charge in [-0.1, -0.05) is 0 Å². The van der Waals surface area contributed by atoms with Crippen molar-refractivity contribution in [2.45, 2.75) is 42.5 Å². The highest BCUT2D eigenvalue weighted by atomic mass is 19.4. The molecule has 0 fully saturated rings. The van der Waals surface area contributed by atoms with Gasteiger partial charge >= 0.3 is 35.9 Å². The number of nitrogens with one attached hydrogen (secondary N) is 1. The lowest BCUT2D eigenvalue weighted by Crippen LogP contribution is -2.65. The standard InChI is InChI=1S/C10H10F9NO5/c11-7(12,8(13,14)9(15,16)10(17,18)19)4(21)2-20-3(6(24)25)1-5(22)23/h3-4,20-21H,1-2H2,(H,22,23)(H,24,25)/t3-,4-/m0/s1. The number of alkyl halides is 9. The maximum atomic E-state index is 13.3. The van der Waals surface area contributed by atoms with Crippen LogP contribution >= 0.6 is 0 Å². The highest BCUT2D eigenvalue weighted by molar-refractivity contribution is 5.80. The third-order valence-electron chi connectivity index (χ3n) is 2.82. The Morgan fingerprint density at radius 3 is 1.64 bits per heavy atom. The fourth-order valence-corrected chi connectivity index (χ4v) is 1.40. The molecular formula is C10H10F9NO5. The van der Waals surface area contributed by atoms with Crippen molar-refractivity contribution in [3.63, 3.8) is 0 Å². The average molecular weight is 395 g/mol. The summed E-state index contributed by atoms with van der Waals surface area (Å²) in [6.07, 6.45) is -12.3. The number of halogens is 9. The predicted octanol–water partition coefficient (Wildman–Crippen LogP) is 1.33. The summed E-state index contributed by atoms with van der Waals surface area (Å²) in [7, 11) is 0. The highest BCUT2D eigenvalue weighted by Gasteiger charge is 2.83. The van der Waals surface area contributed by atoms with Crippen LogP contribution in [0.25, 0.3) is 0 Å². The van der Waals surface area contributed by atoms with E-state index < -0.39 is 61.0 Å². The van der Waals surface area contributed by atoms with Crippen molar-refractivity contribution in [2.75, 3.05) is 6.54 Å². The van der Waals surface area contributed by atoms with Crippen LogP contribution in [0, 0.1) is 0 Å². The zero-order valence-corrected chi connectivity index (χ0v) is 11.6. The van der Waals surface area contributed by atoms with E-state index in [1.807, 2.05) is 0 Å². The minimum atomic E-state index is -7.21. The summed E-state index contributed by atoms with van der Waals surface area (Å²) >= 11 is 0. The molecule has 0 aromatic rings. The van der Waals surface area contributed by atoms with Gasteiger partial charge in [0.2, 0.25) is 0 Å². The van der Waals surface area contributed by atoms with Crippen LogP contribution < -0.4 is 5.32 Å². The zero-order valence-electron chi connectivity index (χ0n) is 11.6. The van der Waals surface area contributed by atoms with E-state index in [1.165, 1.54) is 5.32 Å². The Morgan fingerprint density at radius 1 is 0.880 bits per heavy atom. The van der Waals surface area contributed by atoms with Gasteiger partial charge in [-0.15, -0.1) is 0 Å². The number of hydrogen-bond acceptors (Lipinski definition) is 4. The Balaban J connectivity index is 5.37. The maximum Gasteiger partial charge on any atom is 0.460 e. The van der Waals surface area contributed by atoms with E-state index in [9.17, 15) is 49.1 Å². The molecule has 15 heteroatoms. The minimum absolute atomic E-state index is 1.29. The van der Waals surface area contributed by atoms with Crippen LogP contribution in [0.4, 0.5) is 39.5 Å². The molecule has 0 amide bonds. The van der Waals surface area contributed by atoms with E-state index in [4.69, 9.17) is 15.3 Å². The summed E-state index contributed by atoms with van der Waals surface area (Å²) in [5.41, 5.74) is 0. The van der Waals surface area contributed by atoms with Gasteiger partial charge in [0.15, 0.2) is 0 Å². The maximum absolute atomic E-state index is 13.3. The van der Waals surface area contributed by atoms with E-state index in [-0.39, 0.29) is 0 Å². The van der Waals surface area contributed by atoms with Gasteiger partial charge in [-0.05, 0) is 0 Å². The molecule has 0 heterocycles. The molecule has 25 heavy (non-hydrogen) atoms. The Morgan fingerprint density at radius 2 is 1.32 bits per heavy atom. The van der Waals surface area contributed by atoms with Crippen LogP contribution in [0.2, 0.25) is 0 Å². The van der Waals surface area contributed by atoms with Crippen LogP contribution in [0.15, 0.2) is 0 Å². The number of hydrogen-bond donors (Lipinski definition) is 4. The van der Waals surface area contributed by atoms with Crippen molar-refractivity contribution in [1.82, 2.24) is 5.32 Å². The van der Waals surface area contributed by atoms with Crippen molar-refractivity contribution in [3.05, 3.63) is 0 Å². The summed E-state index contributed by atoms with van der Waals surface area (Å²) in [6, 6.07) is -2.21. The molecule has 0 spiro atoms. The molecule has 6 nitrogen and oxygen atoms in total. The third kappa shape index (κ3) is 4.65. The summed E-state index contributed by atoms with van der Waals surface area (Å²) < 4.78 is 113. The second-order valence-corrected chi connectivity index (χ2v) is 4.68. The zero-order chi connectivity index (χ0) is 20.4. The number of carboxylic acids is 2. The molecule has 0 rings (SSSR count). The number of rotatable bonds is 9. The fourth-order valence-electron chi connectivity index (χ4n) is 1.40. The van der Waals surface area contributed by atoms with Crippen molar-refractivity contribution in [3.8, 4) is 0 Å². The van der Waals surface area contributed by atoms with Crippen LogP contribution in [-0.2, 0) is 9.59 Å². The third-order valence-corrected chi connectivity index (χ3v) is 2.82. The van der Waals surface area contributed by atoms with Gasteiger partial charge in [-0.3, -0.25) is 9.59 Å². The summed E-state index contributed by atoms with van der Waals surface area (Å²) in [5, 5.41) is 27.1. The quantitative estimate of drug-likeness (QED) is 0.439. The molecule has 4 N–H and O–H groups in total. The van der Waals surface area contributed by atoms with Crippen LogP contribution in [-0.4, -0.2) is 69.9 Å². The van der Waals surface area contributed by atoms with E-state index in [0.29, 0.717) is 0 Å². The van der Waals surface area contributed by atoms with Crippen LogP contribution in [0.5, 0.6) is 0 Å². The molecule has 0 aliphatic carbocycles. The fraction of sp³-hybridized carbons (Fsp3) is 0.800. The number of aliphatic hydroxyl groups excluding tert-OH is 1. The number of aliphatic hydroxyl groups is 1. The monoisotopic (exact) mass is 395 g/mol. The molecule has 0 aliphatic rings. The van der Waals surface area contributed by atoms with Gasteiger partial charge in [0.25, 0.3) is 0 Å². The van der Waals surface area contributed by atoms with Crippen molar-refractivity contribution >= 4 is 11.9 Å². The molecule has 0 radical (unpaired) electrons. The largest absolute Gasteiger partial charge is 0.481 e. The second kappa shape index (κ2) is 7.23. The van der Waals surface area contributed by atoms with Gasteiger partial charge in [-0.2, -0.15) is 39.5 Å². The lowest BCUT2D eigenvalue weighted by molar-refractivity contribution is -0.405. The lowest BCUT2D eigenvalue weighted by atomic mass is 9.98. The molecule has 0 aliphatic heterocycles. The Hall–Kier alpha value is -1.77. The molecular weight excluding hydrogens is 385 g/mol. The van der Waals surface area contributed by atoms with E-state index in [1.54, 1.807) is 0 Å². The molecule has 0 aromatic carbocycles. The second-order valence-electron chi connectivity index (χ2n) is 4.68. The Labute approximate surface area is 132 Å². The molecule has 0 unspecified atom stereocenters. The average Bonchev–Trinajstić information content (AvgIpc) is 2.40. The molecule has 0 bridgehead atoms. The van der Waals surface area contributed by atoms with Gasteiger partial charge < -0.3 is 20.6 Å². The van der Waals surface area contributed by atoms with Crippen LogP contribution in [0.3, 0.4) is 0 Å².